The van der Waals surface area contributed by atoms with E-state index in [0.717, 1.165) is 42.3 Å². The smallest absolute Gasteiger partial charge is 0.255 e. The number of nitrogens with zero attached hydrogens (tertiary/aromatic N) is 2. The molecule has 38 heavy (non-hydrogen) atoms. The van der Waals surface area contributed by atoms with E-state index >= 15 is 0 Å². The van der Waals surface area contributed by atoms with E-state index in [1.54, 1.807) is 17.3 Å². The molecule has 5 rings (SSSR count). The number of aromatic nitrogens is 2. The lowest BCUT2D eigenvalue weighted by Crippen LogP contribution is -2.41. The van der Waals surface area contributed by atoms with Gasteiger partial charge >= 0.3 is 0 Å². The number of sulfonamides is 1. The summed E-state index contributed by atoms with van der Waals surface area (Å²) >= 11 is 0. The number of H-pyrrole nitrogens is 1. The maximum Gasteiger partial charge on any atom is 0.255 e. The molecule has 2 fully saturated rings. The number of Topliss-reactive ketones (excluding diaryl/α,β-unsaturated/α-hetero) is 1. The molecule has 0 unspecified atom stereocenters. The molecule has 1 aliphatic heterocycles. The third-order valence-electron chi connectivity index (χ3n) is 8.38. The molecule has 204 valence electrons. The Morgan fingerprint density at radius 2 is 1.82 bits per heavy atom. The third kappa shape index (κ3) is 4.82. The van der Waals surface area contributed by atoms with Crippen LogP contribution in [0.2, 0.25) is 0 Å². The lowest BCUT2D eigenvalue weighted by molar-refractivity contribution is 0.0983. The van der Waals surface area contributed by atoms with Crippen molar-refractivity contribution in [1.29, 1.82) is 0 Å². The van der Waals surface area contributed by atoms with Crippen molar-refractivity contribution in [2.45, 2.75) is 70.6 Å². The first kappa shape index (κ1) is 26.7. The fourth-order valence-corrected chi connectivity index (χ4v) is 8.01. The number of methoxy groups -OCH3 is 1. The Kier molecular flexibility index (Phi) is 7.26. The fourth-order valence-electron chi connectivity index (χ4n) is 6.14. The van der Waals surface area contributed by atoms with Gasteiger partial charge in [0.15, 0.2) is 5.78 Å². The number of pyridine rings is 1. The van der Waals surface area contributed by atoms with Crippen molar-refractivity contribution >= 4 is 26.7 Å². The zero-order valence-corrected chi connectivity index (χ0v) is 23.4. The summed E-state index contributed by atoms with van der Waals surface area (Å²) in [6.45, 7) is 7.10. The minimum atomic E-state index is -3.14. The molecule has 1 aromatic carbocycles. The summed E-state index contributed by atoms with van der Waals surface area (Å²) in [6, 6.07) is 9.87. The minimum absolute atomic E-state index is 0.00276. The monoisotopic (exact) mass is 539 g/mol. The second kappa shape index (κ2) is 10.3. The highest BCUT2D eigenvalue weighted by molar-refractivity contribution is 7.90. The predicted octanol–water partition coefficient (Wildman–Crippen LogP) is 4.54. The number of para-hydroxylation sites is 1. The van der Waals surface area contributed by atoms with Crippen molar-refractivity contribution in [2.24, 2.45) is 5.92 Å². The van der Waals surface area contributed by atoms with Crippen LogP contribution in [0.15, 0.2) is 35.1 Å². The summed E-state index contributed by atoms with van der Waals surface area (Å²) in [5.74, 6) is 0.812. The number of carbonyl (C=O) groups is 1. The van der Waals surface area contributed by atoms with Crippen LogP contribution in [-0.4, -0.2) is 53.5 Å². The Hall–Kier alpha value is -2.91. The first-order valence-corrected chi connectivity index (χ1v) is 15.0. The standard InChI is InChI=1S/C29H37N3O5S/c1-18-17-27(37-4)24(29(34)30-18)11-12-26(33)28-20(3)32(25-8-6-5-7-23(25)28)19(2)21-13-15-31(16-14-21)38(35,36)22-9-10-22/h5-8,17,19,21-22H,9-16H2,1-4H3,(H,30,34)/t19-/m1/s1. The first-order valence-electron chi connectivity index (χ1n) is 13.5. The first-order chi connectivity index (χ1) is 18.1. The number of carbonyl (C=O) groups excluding carboxylic acids is 1. The van der Waals surface area contributed by atoms with Crippen LogP contribution >= 0.6 is 0 Å². The number of rotatable bonds is 9. The van der Waals surface area contributed by atoms with Crippen LogP contribution in [0, 0.1) is 19.8 Å². The Bertz CT molecular complexity index is 1530. The third-order valence-corrected chi connectivity index (χ3v) is 10.8. The van der Waals surface area contributed by atoms with E-state index in [2.05, 4.69) is 22.5 Å². The van der Waals surface area contributed by atoms with Crippen molar-refractivity contribution < 1.29 is 17.9 Å². The second-order valence-electron chi connectivity index (χ2n) is 10.8. The number of aromatic amines is 1. The van der Waals surface area contributed by atoms with Gasteiger partial charge in [0.05, 0.1) is 17.9 Å². The number of benzene rings is 1. The maximum atomic E-state index is 13.6. The van der Waals surface area contributed by atoms with Gasteiger partial charge in [0.1, 0.15) is 5.75 Å². The van der Waals surface area contributed by atoms with Crippen molar-refractivity contribution in [3.8, 4) is 5.75 Å². The van der Waals surface area contributed by atoms with E-state index in [4.69, 9.17) is 4.74 Å². The van der Waals surface area contributed by atoms with Crippen LogP contribution in [0.5, 0.6) is 5.75 Å². The van der Waals surface area contributed by atoms with E-state index < -0.39 is 10.0 Å². The Morgan fingerprint density at radius 3 is 2.47 bits per heavy atom. The summed E-state index contributed by atoms with van der Waals surface area (Å²) < 4.78 is 34.8. The molecule has 1 saturated heterocycles. The van der Waals surface area contributed by atoms with Gasteiger partial charge in [0.25, 0.3) is 5.56 Å². The summed E-state index contributed by atoms with van der Waals surface area (Å²) in [5.41, 5.74) is 3.60. The van der Waals surface area contributed by atoms with Crippen molar-refractivity contribution in [3.05, 3.63) is 63.2 Å². The lowest BCUT2D eigenvalue weighted by Gasteiger charge is -2.35. The molecule has 2 aliphatic rings. The number of fused-ring (bicyclic) bond motifs is 1. The fraction of sp³-hybridized carbons (Fsp3) is 0.517. The lowest BCUT2D eigenvalue weighted by atomic mass is 9.91. The molecule has 0 spiro atoms. The second-order valence-corrected chi connectivity index (χ2v) is 13.0. The van der Waals surface area contributed by atoms with Gasteiger partial charge in [-0.25, -0.2) is 12.7 Å². The molecule has 1 atom stereocenters. The zero-order valence-electron chi connectivity index (χ0n) is 22.6. The van der Waals surface area contributed by atoms with Crippen LogP contribution < -0.4 is 10.3 Å². The van der Waals surface area contributed by atoms with E-state index in [9.17, 15) is 18.0 Å². The van der Waals surface area contributed by atoms with E-state index in [1.165, 1.54) is 7.11 Å². The molecule has 0 amide bonds. The van der Waals surface area contributed by atoms with Gasteiger partial charge < -0.3 is 14.3 Å². The largest absolute Gasteiger partial charge is 0.496 e. The summed E-state index contributed by atoms with van der Waals surface area (Å²) in [7, 11) is -1.61. The van der Waals surface area contributed by atoms with E-state index in [1.807, 2.05) is 25.1 Å². The van der Waals surface area contributed by atoms with Crippen molar-refractivity contribution in [1.82, 2.24) is 13.9 Å². The highest BCUT2D eigenvalue weighted by Crippen LogP contribution is 2.38. The van der Waals surface area contributed by atoms with Gasteiger partial charge in [0.2, 0.25) is 10.0 Å². The van der Waals surface area contributed by atoms with Crippen LogP contribution in [0.3, 0.4) is 0 Å². The number of aryl methyl sites for hydroxylation is 1. The summed E-state index contributed by atoms with van der Waals surface area (Å²) in [5, 5.41) is 0.747. The molecule has 1 N–H and O–H groups in total. The van der Waals surface area contributed by atoms with Gasteiger partial charge in [-0.2, -0.15) is 0 Å². The zero-order chi connectivity index (χ0) is 27.2. The molecule has 2 aromatic heterocycles. The number of piperidine rings is 1. The van der Waals surface area contributed by atoms with E-state index in [-0.39, 0.29) is 29.1 Å². The molecular formula is C29H37N3O5S. The number of ketones is 1. The van der Waals surface area contributed by atoms with Crippen LogP contribution in [-0.2, 0) is 16.4 Å². The summed E-state index contributed by atoms with van der Waals surface area (Å²) in [4.78, 5) is 29.0. The molecule has 3 heterocycles. The topological polar surface area (TPSA) is 101 Å². The highest BCUT2D eigenvalue weighted by atomic mass is 32.2. The van der Waals surface area contributed by atoms with Crippen LogP contribution in [0.1, 0.15) is 72.4 Å². The van der Waals surface area contributed by atoms with Crippen molar-refractivity contribution in [3.63, 3.8) is 0 Å². The number of hydrogen-bond acceptors (Lipinski definition) is 5. The Morgan fingerprint density at radius 1 is 1.13 bits per heavy atom. The van der Waals surface area contributed by atoms with E-state index in [0.29, 0.717) is 48.0 Å². The molecule has 1 saturated carbocycles. The van der Waals surface area contributed by atoms with Gasteiger partial charge in [-0.15, -0.1) is 0 Å². The SMILES string of the molecule is COc1cc(C)[nH]c(=O)c1CCC(=O)c1c(C)n([C@H](C)C2CCN(S(=O)(=O)C3CC3)CC2)c2ccccc12. The number of ether oxygens (including phenoxy) is 1. The number of hydrogen-bond donors (Lipinski definition) is 1. The quantitative estimate of drug-likeness (QED) is 0.403. The average Bonchev–Trinajstić information content (AvgIpc) is 3.71. The molecule has 9 heteroatoms. The molecule has 0 radical (unpaired) electrons. The highest BCUT2D eigenvalue weighted by Gasteiger charge is 2.42. The van der Waals surface area contributed by atoms with Gasteiger partial charge in [-0.3, -0.25) is 9.59 Å². The van der Waals surface area contributed by atoms with Crippen LogP contribution in [0.25, 0.3) is 10.9 Å². The normalized spacial score (nSPS) is 18.1. The summed E-state index contributed by atoms with van der Waals surface area (Å²) in [6.07, 6.45) is 3.67. The average molecular weight is 540 g/mol. The Labute approximate surface area is 224 Å². The predicted molar refractivity (Wildman–Crippen MR) is 149 cm³/mol. The molecule has 1 aliphatic carbocycles. The maximum absolute atomic E-state index is 13.6. The van der Waals surface area contributed by atoms with Crippen LogP contribution in [0.4, 0.5) is 0 Å². The Balaban J connectivity index is 1.39. The van der Waals surface area contributed by atoms with Gasteiger partial charge in [-0.1, -0.05) is 18.2 Å². The molecule has 0 bridgehead atoms. The molecular weight excluding hydrogens is 502 g/mol. The minimum Gasteiger partial charge on any atom is -0.496 e. The molecule has 8 nitrogen and oxygen atoms in total. The van der Waals surface area contributed by atoms with Crippen molar-refractivity contribution in [2.75, 3.05) is 20.2 Å². The number of nitrogens with one attached hydrogen (secondary N) is 1. The molecule has 3 aromatic rings. The van der Waals surface area contributed by atoms with Gasteiger partial charge in [0, 0.05) is 53.4 Å². The van der Waals surface area contributed by atoms with Gasteiger partial charge in [-0.05, 0) is 70.9 Å².